The molecule has 2 nitrogen and oxygen atoms in total. The molecule has 0 heterocycles. The minimum Gasteiger partial charge on any atom is -0.395 e. The highest BCUT2D eigenvalue weighted by Gasteiger charge is 2.27. The minimum atomic E-state index is -1.47. The highest BCUT2D eigenvalue weighted by molar-refractivity contribution is 6.73. The van der Waals surface area contributed by atoms with Gasteiger partial charge in [-0.3, -0.25) is 0 Å². The third kappa shape index (κ3) is 2.40. The number of hydrogen-bond donors (Lipinski definition) is 1. The predicted molar refractivity (Wildman–Crippen MR) is 45.4 cm³/mol. The first-order valence-electron chi connectivity index (χ1n) is 3.99. The molecule has 0 atom stereocenters. The summed E-state index contributed by atoms with van der Waals surface area (Å²) >= 11 is 0. The summed E-state index contributed by atoms with van der Waals surface area (Å²) < 4.78 is 5.37. The molecule has 1 N–H and O–H groups in total. The van der Waals surface area contributed by atoms with Crippen LogP contribution in [0.4, 0.5) is 0 Å². The molecule has 62 valence electrons. The summed E-state index contributed by atoms with van der Waals surface area (Å²) in [6, 6.07) is 3.34. The Morgan fingerprint density at radius 1 is 1.10 bits per heavy atom. The molecule has 0 spiro atoms. The van der Waals surface area contributed by atoms with Crippen molar-refractivity contribution in [2.75, 3.05) is 6.79 Å². The predicted octanol–water partition coefficient (Wildman–Crippen LogP) is 1.96. The maximum atomic E-state index is 8.61. The second-order valence-corrected chi connectivity index (χ2v) is 7.29. The van der Waals surface area contributed by atoms with Gasteiger partial charge in [-0.15, -0.1) is 0 Å². The molecule has 0 aromatic carbocycles. The summed E-state index contributed by atoms with van der Waals surface area (Å²) in [5, 5.41) is 8.61. The summed E-state index contributed by atoms with van der Waals surface area (Å²) in [6.45, 7) is 6.35. The fourth-order valence-corrected chi connectivity index (χ4v) is 3.58. The van der Waals surface area contributed by atoms with Crippen LogP contribution in [0, 0.1) is 0 Å². The fourth-order valence-electron chi connectivity index (χ4n) is 1.19. The van der Waals surface area contributed by atoms with Crippen molar-refractivity contribution in [1.29, 1.82) is 0 Å². The van der Waals surface area contributed by atoms with Crippen LogP contribution in [0.15, 0.2) is 0 Å². The molecule has 0 bridgehead atoms. The normalized spacial score (nSPS) is 12.0. The second-order valence-electron chi connectivity index (χ2n) is 2.52. The van der Waals surface area contributed by atoms with Crippen LogP contribution in [0.2, 0.25) is 18.1 Å². The zero-order chi connectivity index (χ0) is 8.04. The van der Waals surface area contributed by atoms with E-state index in [0.717, 1.165) is 18.1 Å². The van der Waals surface area contributed by atoms with Crippen LogP contribution in [0.1, 0.15) is 20.8 Å². The average Bonchev–Trinajstić information content (AvgIpc) is 2.01. The number of rotatable bonds is 5. The van der Waals surface area contributed by atoms with Gasteiger partial charge in [0.15, 0.2) is 8.32 Å². The molecular weight excluding hydrogens is 144 g/mol. The second kappa shape index (κ2) is 4.88. The van der Waals surface area contributed by atoms with Crippen LogP contribution in [-0.2, 0) is 4.43 Å². The van der Waals surface area contributed by atoms with Gasteiger partial charge < -0.3 is 9.53 Å². The van der Waals surface area contributed by atoms with Gasteiger partial charge in [-0.05, 0) is 18.1 Å². The van der Waals surface area contributed by atoms with E-state index in [1.165, 1.54) is 0 Å². The third-order valence-corrected chi connectivity index (χ3v) is 6.91. The maximum Gasteiger partial charge on any atom is 0.195 e. The summed E-state index contributed by atoms with van der Waals surface area (Å²) in [5.41, 5.74) is 0. The van der Waals surface area contributed by atoms with E-state index in [9.17, 15) is 0 Å². The van der Waals surface area contributed by atoms with Gasteiger partial charge in [-0.1, -0.05) is 20.8 Å². The lowest BCUT2D eigenvalue weighted by Crippen LogP contribution is -2.35. The molecule has 0 saturated carbocycles. The Morgan fingerprint density at radius 2 is 1.50 bits per heavy atom. The smallest absolute Gasteiger partial charge is 0.195 e. The Bertz CT molecular complexity index is 73.4. The van der Waals surface area contributed by atoms with E-state index >= 15 is 0 Å². The Balaban J connectivity index is 3.87. The lowest BCUT2D eigenvalue weighted by atomic mass is 10.9. The Morgan fingerprint density at radius 3 is 1.60 bits per heavy atom. The highest BCUT2D eigenvalue weighted by Crippen LogP contribution is 2.20. The van der Waals surface area contributed by atoms with E-state index < -0.39 is 8.32 Å². The van der Waals surface area contributed by atoms with E-state index in [1.807, 2.05) is 0 Å². The van der Waals surface area contributed by atoms with Crippen molar-refractivity contribution >= 4 is 8.32 Å². The van der Waals surface area contributed by atoms with Crippen molar-refractivity contribution in [3.63, 3.8) is 0 Å². The molecule has 0 unspecified atom stereocenters. The fraction of sp³-hybridized carbons (Fsp3) is 1.00. The van der Waals surface area contributed by atoms with E-state index in [-0.39, 0.29) is 6.79 Å². The lowest BCUT2D eigenvalue weighted by Gasteiger charge is -2.26. The summed E-state index contributed by atoms with van der Waals surface area (Å²) in [4.78, 5) is 0. The summed E-state index contributed by atoms with van der Waals surface area (Å²) in [6.07, 6.45) is 0. The quantitative estimate of drug-likeness (QED) is 0.494. The number of hydrogen-bond acceptors (Lipinski definition) is 2. The van der Waals surface area contributed by atoms with Crippen LogP contribution >= 0.6 is 0 Å². The largest absolute Gasteiger partial charge is 0.395 e. The summed E-state index contributed by atoms with van der Waals surface area (Å²) in [7, 11) is -1.47. The number of aliphatic hydroxyl groups is 1. The molecule has 3 heteroatoms. The van der Waals surface area contributed by atoms with Gasteiger partial charge in [0, 0.05) is 0 Å². The molecule has 0 aromatic heterocycles. The molecule has 0 aliphatic carbocycles. The van der Waals surface area contributed by atoms with Crippen LogP contribution in [0.5, 0.6) is 0 Å². The minimum absolute atomic E-state index is 0.0955. The van der Waals surface area contributed by atoms with Gasteiger partial charge in [0.2, 0.25) is 0 Å². The number of aliphatic hydroxyl groups excluding tert-OH is 1. The van der Waals surface area contributed by atoms with Crippen LogP contribution in [-0.4, -0.2) is 20.2 Å². The maximum absolute atomic E-state index is 8.61. The van der Waals surface area contributed by atoms with Crippen LogP contribution in [0.3, 0.4) is 0 Å². The van der Waals surface area contributed by atoms with Gasteiger partial charge in [0.1, 0.15) is 6.79 Å². The zero-order valence-corrected chi connectivity index (χ0v) is 8.18. The molecule has 10 heavy (non-hydrogen) atoms. The van der Waals surface area contributed by atoms with E-state index in [4.69, 9.17) is 9.53 Å². The van der Waals surface area contributed by atoms with E-state index in [0.29, 0.717) is 0 Å². The molecule has 0 fully saturated rings. The molecule has 0 rings (SSSR count). The van der Waals surface area contributed by atoms with Gasteiger partial charge in [-0.25, -0.2) is 0 Å². The van der Waals surface area contributed by atoms with Crippen LogP contribution < -0.4 is 0 Å². The molecule has 0 aliphatic heterocycles. The molecule has 0 amide bonds. The van der Waals surface area contributed by atoms with Gasteiger partial charge >= 0.3 is 0 Å². The standard InChI is InChI=1S/C7H18O2Si/c1-4-10(5-2,6-3)9-7-8/h8H,4-7H2,1-3H3. The van der Waals surface area contributed by atoms with Crippen molar-refractivity contribution in [2.24, 2.45) is 0 Å². The first kappa shape index (κ1) is 10.1. The van der Waals surface area contributed by atoms with Crippen LogP contribution in [0.25, 0.3) is 0 Å². The molecular formula is C7H18O2Si. The van der Waals surface area contributed by atoms with E-state index in [2.05, 4.69) is 20.8 Å². The Kier molecular flexibility index (Phi) is 4.94. The molecule has 0 radical (unpaired) electrons. The first-order valence-corrected chi connectivity index (χ1v) is 6.52. The van der Waals surface area contributed by atoms with Crippen molar-refractivity contribution < 1.29 is 9.53 Å². The zero-order valence-electron chi connectivity index (χ0n) is 7.18. The van der Waals surface area contributed by atoms with Crippen molar-refractivity contribution in [1.82, 2.24) is 0 Å². The summed E-state index contributed by atoms with van der Waals surface area (Å²) in [5.74, 6) is 0. The highest BCUT2D eigenvalue weighted by atomic mass is 28.4. The topological polar surface area (TPSA) is 29.5 Å². The lowest BCUT2D eigenvalue weighted by molar-refractivity contribution is 0.0884. The molecule has 0 aromatic rings. The van der Waals surface area contributed by atoms with Gasteiger partial charge in [-0.2, -0.15) is 0 Å². The average molecular weight is 162 g/mol. The monoisotopic (exact) mass is 162 g/mol. The SMILES string of the molecule is CC[Si](CC)(CC)OCO. The van der Waals surface area contributed by atoms with Gasteiger partial charge in [0.05, 0.1) is 0 Å². The van der Waals surface area contributed by atoms with Gasteiger partial charge in [0.25, 0.3) is 0 Å². The Labute approximate surface area is 64.3 Å². The van der Waals surface area contributed by atoms with Crippen molar-refractivity contribution in [2.45, 2.75) is 38.9 Å². The van der Waals surface area contributed by atoms with E-state index in [1.54, 1.807) is 0 Å². The van der Waals surface area contributed by atoms with Crippen molar-refractivity contribution in [3.8, 4) is 0 Å². The first-order chi connectivity index (χ1) is 4.74. The van der Waals surface area contributed by atoms with Crippen molar-refractivity contribution in [3.05, 3.63) is 0 Å². The molecule has 0 saturated heterocycles. The molecule has 0 aliphatic rings. The Hall–Kier alpha value is 0.137. The third-order valence-electron chi connectivity index (χ3n) is 2.30.